The molecule has 5 heteroatoms. The zero-order valence-electron chi connectivity index (χ0n) is 12.1. The molecule has 0 saturated carbocycles. The van der Waals surface area contributed by atoms with Crippen LogP contribution in [0.2, 0.25) is 0 Å². The molecule has 2 rings (SSSR count). The Labute approximate surface area is 128 Å². The highest BCUT2D eigenvalue weighted by atomic mass is 32.2. The molecule has 0 spiro atoms. The largest absolute Gasteiger partial charge is 0.495 e. The van der Waals surface area contributed by atoms with Gasteiger partial charge in [0.15, 0.2) is 0 Å². The monoisotopic (exact) mass is 302 g/mol. The molecule has 4 nitrogen and oxygen atoms in total. The van der Waals surface area contributed by atoms with Gasteiger partial charge in [-0.15, -0.1) is 11.8 Å². The van der Waals surface area contributed by atoms with Crippen molar-refractivity contribution < 1.29 is 9.53 Å². The highest BCUT2D eigenvalue weighted by Crippen LogP contribution is 2.26. The number of para-hydroxylation sites is 2. The van der Waals surface area contributed by atoms with Crippen LogP contribution < -0.4 is 15.8 Å². The summed E-state index contributed by atoms with van der Waals surface area (Å²) in [6.07, 6.45) is 0. The molecule has 0 fully saturated rings. The van der Waals surface area contributed by atoms with E-state index in [1.54, 1.807) is 7.11 Å². The number of methoxy groups -OCH3 is 1. The number of nitrogen functional groups attached to an aromatic ring is 1. The van der Waals surface area contributed by atoms with Gasteiger partial charge in [-0.3, -0.25) is 4.79 Å². The number of hydrogen-bond acceptors (Lipinski definition) is 4. The molecule has 3 N–H and O–H groups in total. The first kappa shape index (κ1) is 15.3. The number of aryl methyl sites for hydroxylation is 1. The minimum Gasteiger partial charge on any atom is -0.495 e. The number of thioether (sulfide) groups is 1. The Morgan fingerprint density at radius 3 is 2.81 bits per heavy atom. The second-order valence-electron chi connectivity index (χ2n) is 4.56. The molecule has 0 saturated heterocycles. The summed E-state index contributed by atoms with van der Waals surface area (Å²) in [7, 11) is 1.58. The van der Waals surface area contributed by atoms with Crippen LogP contribution in [0.25, 0.3) is 0 Å². The summed E-state index contributed by atoms with van der Waals surface area (Å²) >= 11 is 1.47. The topological polar surface area (TPSA) is 64.3 Å². The van der Waals surface area contributed by atoms with Crippen molar-refractivity contribution in [3.8, 4) is 5.75 Å². The molecule has 0 aliphatic heterocycles. The standard InChI is InChI=1S/C16H18N2O2S/c1-11-7-8-12(17)9-15(11)21-10-16(19)18-13-5-3-4-6-14(13)20-2/h3-9H,10,17H2,1-2H3,(H,18,19). The van der Waals surface area contributed by atoms with Crippen LogP contribution in [0.3, 0.4) is 0 Å². The van der Waals surface area contributed by atoms with Crippen molar-refractivity contribution in [2.24, 2.45) is 0 Å². The molecular weight excluding hydrogens is 284 g/mol. The van der Waals surface area contributed by atoms with Crippen molar-refractivity contribution >= 4 is 29.0 Å². The first-order valence-corrected chi connectivity index (χ1v) is 7.50. The maximum absolute atomic E-state index is 12.0. The van der Waals surface area contributed by atoms with Crippen molar-refractivity contribution in [1.29, 1.82) is 0 Å². The maximum Gasteiger partial charge on any atom is 0.234 e. The molecule has 0 atom stereocenters. The van der Waals surface area contributed by atoms with Gasteiger partial charge in [-0.1, -0.05) is 18.2 Å². The molecule has 0 bridgehead atoms. The molecule has 0 heterocycles. The molecular formula is C16H18N2O2S. The van der Waals surface area contributed by atoms with Crippen LogP contribution in [0.15, 0.2) is 47.4 Å². The van der Waals surface area contributed by atoms with Gasteiger partial charge < -0.3 is 15.8 Å². The van der Waals surface area contributed by atoms with Gasteiger partial charge in [0, 0.05) is 10.6 Å². The van der Waals surface area contributed by atoms with Crippen molar-refractivity contribution in [3.63, 3.8) is 0 Å². The van der Waals surface area contributed by atoms with Gasteiger partial charge in [-0.2, -0.15) is 0 Å². The van der Waals surface area contributed by atoms with E-state index in [0.717, 1.165) is 10.5 Å². The van der Waals surface area contributed by atoms with Crippen LogP contribution >= 0.6 is 11.8 Å². The summed E-state index contributed by atoms with van der Waals surface area (Å²) in [5.74, 6) is 0.893. The van der Waals surface area contributed by atoms with Crippen molar-refractivity contribution in [3.05, 3.63) is 48.0 Å². The number of ether oxygens (including phenoxy) is 1. The number of nitrogens with two attached hydrogens (primary N) is 1. The highest BCUT2D eigenvalue weighted by molar-refractivity contribution is 8.00. The van der Waals surface area contributed by atoms with Gasteiger partial charge in [0.25, 0.3) is 0 Å². The average molecular weight is 302 g/mol. The third kappa shape index (κ3) is 4.16. The van der Waals surface area contributed by atoms with Crippen LogP contribution in [-0.4, -0.2) is 18.8 Å². The van der Waals surface area contributed by atoms with Gasteiger partial charge in [-0.25, -0.2) is 0 Å². The molecule has 2 aromatic rings. The van der Waals surface area contributed by atoms with Gasteiger partial charge in [0.05, 0.1) is 18.6 Å². The van der Waals surface area contributed by atoms with Crippen LogP contribution in [-0.2, 0) is 4.79 Å². The predicted molar refractivity (Wildman–Crippen MR) is 87.9 cm³/mol. The highest BCUT2D eigenvalue weighted by Gasteiger charge is 2.08. The van der Waals surface area contributed by atoms with Gasteiger partial charge in [-0.05, 0) is 36.8 Å². The van der Waals surface area contributed by atoms with Crippen molar-refractivity contribution in [2.45, 2.75) is 11.8 Å². The maximum atomic E-state index is 12.0. The first-order chi connectivity index (χ1) is 10.1. The van der Waals surface area contributed by atoms with Crippen LogP contribution in [0.1, 0.15) is 5.56 Å². The molecule has 0 radical (unpaired) electrons. The van der Waals surface area contributed by atoms with E-state index >= 15 is 0 Å². The fourth-order valence-electron chi connectivity index (χ4n) is 1.85. The number of amides is 1. The van der Waals surface area contributed by atoms with E-state index < -0.39 is 0 Å². The normalized spacial score (nSPS) is 10.2. The Kier molecular flexibility index (Phi) is 5.11. The summed E-state index contributed by atoms with van der Waals surface area (Å²) in [4.78, 5) is 13.1. The number of anilines is 2. The number of carbonyl (C=O) groups excluding carboxylic acids is 1. The predicted octanol–water partition coefficient (Wildman–Crippen LogP) is 3.32. The third-order valence-electron chi connectivity index (χ3n) is 2.95. The van der Waals surface area contributed by atoms with E-state index in [-0.39, 0.29) is 5.91 Å². The van der Waals surface area contributed by atoms with E-state index in [0.29, 0.717) is 22.9 Å². The average Bonchev–Trinajstić information content (AvgIpc) is 2.49. The summed E-state index contributed by atoms with van der Waals surface area (Å²) in [6.45, 7) is 2.00. The van der Waals surface area contributed by atoms with Gasteiger partial charge in [0.2, 0.25) is 5.91 Å². The lowest BCUT2D eigenvalue weighted by Crippen LogP contribution is -2.14. The Hall–Kier alpha value is -2.14. The number of nitrogens with one attached hydrogen (secondary N) is 1. The molecule has 110 valence electrons. The molecule has 0 aromatic heterocycles. The van der Waals surface area contributed by atoms with E-state index in [1.165, 1.54) is 11.8 Å². The summed E-state index contributed by atoms with van der Waals surface area (Å²) < 4.78 is 5.21. The van der Waals surface area contributed by atoms with E-state index in [4.69, 9.17) is 10.5 Å². The Bertz CT molecular complexity index is 644. The second kappa shape index (κ2) is 7.04. The fourth-order valence-corrected chi connectivity index (χ4v) is 2.72. The Morgan fingerprint density at radius 1 is 1.29 bits per heavy atom. The van der Waals surface area contributed by atoms with Crippen molar-refractivity contribution in [1.82, 2.24) is 0 Å². The van der Waals surface area contributed by atoms with Crippen LogP contribution in [0.4, 0.5) is 11.4 Å². The second-order valence-corrected chi connectivity index (χ2v) is 5.58. The summed E-state index contributed by atoms with van der Waals surface area (Å²) in [5.41, 5.74) is 8.25. The molecule has 21 heavy (non-hydrogen) atoms. The molecule has 0 unspecified atom stereocenters. The van der Waals surface area contributed by atoms with Crippen LogP contribution in [0, 0.1) is 6.92 Å². The molecule has 1 amide bonds. The summed E-state index contributed by atoms with van der Waals surface area (Å²) in [5, 5.41) is 2.85. The van der Waals surface area contributed by atoms with Crippen LogP contribution in [0.5, 0.6) is 5.75 Å². The quantitative estimate of drug-likeness (QED) is 0.657. The molecule has 0 aliphatic rings. The summed E-state index contributed by atoms with van der Waals surface area (Å²) in [6, 6.07) is 13.0. The number of hydrogen-bond donors (Lipinski definition) is 2. The lowest BCUT2D eigenvalue weighted by Gasteiger charge is -2.10. The zero-order chi connectivity index (χ0) is 15.2. The fraction of sp³-hybridized carbons (Fsp3) is 0.188. The lowest BCUT2D eigenvalue weighted by molar-refractivity contribution is -0.113. The number of carbonyl (C=O) groups is 1. The lowest BCUT2D eigenvalue weighted by atomic mass is 10.2. The van der Waals surface area contributed by atoms with Crippen molar-refractivity contribution in [2.75, 3.05) is 23.9 Å². The van der Waals surface area contributed by atoms with E-state index in [2.05, 4.69) is 5.32 Å². The minimum absolute atomic E-state index is 0.0775. The van der Waals surface area contributed by atoms with E-state index in [1.807, 2.05) is 49.4 Å². The van der Waals surface area contributed by atoms with Gasteiger partial charge >= 0.3 is 0 Å². The Balaban J connectivity index is 1.97. The number of rotatable bonds is 5. The van der Waals surface area contributed by atoms with E-state index in [9.17, 15) is 4.79 Å². The number of benzene rings is 2. The van der Waals surface area contributed by atoms with Gasteiger partial charge in [0.1, 0.15) is 5.75 Å². The first-order valence-electron chi connectivity index (χ1n) is 6.52. The third-order valence-corrected chi connectivity index (χ3v) is 4.11. The Morgan fingerprint density at radius 2 is 2.05 bits per heavy atom. The smallest absolute Gasteiger partial charge is 0.234 e. The molecule has 2 aromatic carbocycles. The molecule has 0 aliphatic carbocycles. The SMILES string of the molecule is COc1ccccc1NC(=O)CSc1cc(N)ccc1C. The minimum atomic E-state index is -0.0775. The zero-order valence-corrected chi connectivity index (χ0v) is 12.9.